The molecule has 2 aromatic heterocycles. The normalized spacial score (nSPS) is 15.6. The molecule has 1 fully saturated rings. The summed E-state index contributed by atoms with van der Waals surface area (Å²) in [6.07, 6.45) is 5.68. The molecule has 1 atom stereocenters. The van der Waals surface area contributed by atoms with Crippen LogP contribution in [-0.2, 0) is 4.79 Å². The molecular weight excluding hydrogens is 332 g/mol. The van der Waals surface area contributed by atoms with Crippen LogP contribution in [-0.4, -0.2) is 51.9 Å². The molecule has 3 N–H and O–H groups in total. The summed E-state index contributed by atoms with van der Waals surface area (Å²) in [4.78, 5) is 37.4. The lowest BCUT2D eigenvalue weighted by Crippen LogP contribution is -2.41. The minimum Gasteiger partial charge on any atom is -0.354 e. The van der Waals surface area contributed by atoms with E-state index in [-0.39, 0.29) is 17.5 Å². The van der Waals surface area contributed by atoms with E-state index in [0.29, 0.717) is 24.7 Å². The Bertz CT molecular complexity index is 786. The highest BCUT2D eigenvalue weighted by Crippen LogP contribution is 2.24. The molecule has 0 unspecified atom stereocenters. The van der Waals surface area contributed by atoms with Gasteiger partial charge >= 0.3 is 0 Å². The maximum Gasteiger partial charge on any atom is 0.252 e. The minimum atomic E-state index is -0.317. The summed E-state index contributed by atoms with van der Waals surface area (Å²) in [5.41, 5.74) is 1.35. The van der Waals surface area contributed by atoms with E-state index >= 15 is 0 Å². The van der Waals surface area contributed by atoms with Crippen LogP contribution in [0.2, 0.25) is 0 Å². The lowest BCUT2D eigenvalue weighted by Gasteiger charge is -2.26. The average Bonchev–Trinajstić information content (AvgIpc) is 3.13. The van der Waals surface area contributed by atoms with E-state index < -0.39 is 0 Å². The van der Waals surface area contributed by atoms with Gasteiger partial charge in [-0.05, 0) is 44.5 Å². The molecule has 138 valence electrons. The van der Waals surface area contributed by atoms with E-state index in [4.69, 9.17) is 0 Å². The Hall–Kier alpha value is -2.74. The van der Waals surface area contributed by atoms with Gasteiger partial charge in [0.1, 0.15) is 6.04 Å². The molecule has 26 heavy (non-hydrogen) atoms. The number of nitrogens with one attached hydrogen (secondary N) is 3. The monoisotopic (exact) mass is 356 g/mol. The van der Waals surface area contributed by atoms with Gasteiger partial charge in [-0.2, -0.15) is 0 Å². The smallest absolute Gasteiger partial charge is 0.252 e. The topological polar surface area (TPSA) is 103 Å². The number of anilines is 1. The Morgan fingerprint density at radius 2 is 2.15 bits per heavy atom. The van der Waals surface area contributed by atoms with E-state index in [9.17, 15) is 9.59 Å². The summed E-state index contributed by atoms with van der Waals surface area (Å²) in [7, 11) is 0. The van der Waals surface area contributed by atoms with Crippen molar-refractivity contribution in [2.45, 2.75) is 25.8 Å². The van der Waals surface area contributed by atoms with Crippen molar-refractivity contribution < 1.29 is 4.79 Å². The van der Waals surface area contributed by atoms with E-state index in [2.05, 4.69) is 30.5 Å². The second-order valence-corrected chi connectivity index (χ2v) is 6.39. The number of hydrogen-bond donors (Lipinski definition) is 3. The fourth-order valence-electron chi connectivity index (χ4n) is 3.19. The first-order valence-corrected chi connectivity index (χ1v) is 8.87. The number of aromatic amines is 1. The van der Waals surface area contributed by atoms with Crippen molar-refractivity contribution >= 4 is 11.9 Å². The van der Waals surface area contributed by atoms with E-state index in [1.165, 1.54) is 6.07 Å². The molecule has 8 heteroatoms. The van der Waals surface area contributed by atoms with Crippen molar-refractivity contribution in [1.82, 2.24) is 25.2 Å². The zero-order chi connectivity index (χ0) is 18.4. The van der Waals surface area contributed by atoms with E-state index in [1.807, 2.05) is 12.1 Å². The standard InChI is InChI=1S/C18H24N6O2/c1-13-11-15(25)23-18(22-13)21-8-7-20-17(26)16(24-9-2-3-10-24)14-5-4-6-19-12-14/h4-6,11-12,16H,2-3,7-10H2,1H3,(H,20,26)(H2,21,22,23,25)/t16-/m1/s1. The first-order chi connectivity index (χ1) is 12.6. The molecule has 1 amide bonds. The number of amides is 1. The molecule has 0 radical (unpaired) electrons. The van der Waals surface area contributed by atoms with Gasteiger partial charge < -0.3 is 10.6 Å². The Morgan fingerprint density at radius 1 is 1.35 bits per heavy atom. The second kappa shape index (κ2) is 8.57. The molecule has 0 saturated carbocycles. The van der Waals surface area contributed by atoms with Gasteiger partial charge in [0.2, 0.25) is 11.9 Å². The predicted molar refractivity (Wildman–Crippen MR) is 98.9 cm³/mol. The highest BCUT2D eigenvalue weighted by molar-refractivity contribution is 5.83. The largest absolute Gasteiger partial charge is 0.354 e. The van der Waals surface area contributed by atoms with Crippen LogP contribution in [0.15, 0.2) is 35.4 Å². The predicted octanol–water partition coefficient (Wildman–Crippen LogP) is 0.839. The number of H-pyrrole nitrogens is 1. The summed E-state index contributed by atoms with van der Waals surface area (Å²) in [6, 6.07) is 4.91. The van der Waals surface area contributed by atoms with Crippen LogP contribution in [0, 0.1) is 6.92 Å². The molecule has 0 aliphatic carbocycles. The maximum atomic E-state index is 12.8. The number of carbonyl (C=O) groups excluding carboxylic acids is 1. The Kier molecular flexibility index (Phi) is 5.96. The number of carbonyl (C=O) groups is 1. The maximum absolute atomic E-state index is 12.8. The first kappa shape index (κ1) is 18.1. The SMILES string of the molecule is Cc1cc(=O)[nH]c(NCCNC(=O)[C@@H](c2cccnc2)N2CCCC2)n1. The van der Waals surface area contributed by atoms with Crippen LogP contribution in [0.3, 0.4) is 0 Å². The highest BCUT2D eigenvalue weighted by atomic mass is 16.2. The van der Waals surface area contributed by atoms with Gasteiger partial charge in [-0.25, -0.2) is 4.98 Å². The lowest BCUT2D eigenvalue weighted by molar-refractivity contribution is -0.126. The number of pyridine rings is 1. The van der Waals surface area contributed by atoms with Crippen molar-refractivity contribution in [3.05, 3.63) is 52.2 Å². The number of nitrogens with zero attached hydrogens (tertiary/aromatic N) is 3. The van der Waals surface area contributed by atoms with Crippen molar-refractivity contribution in [2.75, 3.05) is 31.5 Å². The number of rotatable bonds is 7. The van der Waals surface area contributed by atoms with Gasteiger partial charge in [-0.1, -0.05) is 6.07 Å². The van der Waals surface area contributed by atoms with Crippen LogP contribution in [0.25, 0.3) is 0 Å². The Morgan fingerprint density at radius 3 is 2.85 bits per heavy atom. The van der Waals surface area contributed by atoms with Crippen LogP contribution in [0.1, 0.15) is 30.1 Å². The number of likely N-dealkylation sites (tertiary alicyclic amines) is 1. The molecule has 3 heterocycles. The van der Waals surface area contributed by atoms with Gasteiger partial charge in [0.05, 0.1) is 0 Å². The van der Waals surface area contributed by atoms with E-state index in [1.54, 1.807) is 19.3 Å². The molecular formula is C18H24N6O2. The van der Waals surface area contributed by atoms with Crippen molar-refractivity contribution in [1.29, 1.82) is 0 Å². The quantitative estimate of drug-likeness (QED) is 0.635. The summed E-state index contributed by atoms with van der Waals surface area (Å²) >= 11 is 0. The number of aryl methyl sites for hydroxylation is 1. The molecule has 2 aromatic rings. The molecule has 0 spiro atoms. The Balaban J connectivity index is 1.57. The third-order valence-electron chi connectivity index (χ3n) is 4.34. The zero-order valence-corrected chi connectivity index (χ0v) is 14.9. The molecule has 0 bridgehead atoms. The van der Waals surface area contributed by atoms with Gasteiger partial charge in [0, 0.05) is 37.2 Å². The van der Waals surface area contributed by atoms with Crippen molar-refractivity contribution in [3.8, 4) is 0 Å². The van der Waals surface area contributed by atoms with Gasteiger partial charge in [-0.15, -0.1) is 0 Å². The second-order valence-electron chi connectivity index (χ2n) is 6.39. The van der Waals surface area contributed by atoms with E-state index in [0.717, 1.165) is 31.5 Å². The third-order valence-corrected chi connectivity index (χ3v) is 4.34. The molecule has 3 rings (SSSR count). The number of aromatic nitrogens is 3. The van der Waals surface area contributed by atoms with Crippen molar-refractivity contribution in [3.63, 3.8) is 0 Å². The van der Waals surface area contributed by atoms with Gasteiger partial charge in [0.25, 0.3) is 5.56 Å². The minimum absolute atomic E-state index is 0.0348. The van der Waals surface area contributed by atoms with Crippen molar-refractivity contribution in [2.24, 2.45) is 0 Å². The molecule has 1 saturated heterocycles. The summed E-state index contributed by atoms with van der Waals surface area (Å²) in [6.45, 7) is 4.50. The summed E-state index contributed by atoms with van der Waals surface area (Å²) in [5.74, 6) is 0.375. The fourth-order valence-corrected chi connectivity index (χ4v) is 3.19. The molecule has 1 aliphatic heterocycles. The highest BCUT2D eigenvalue weighted by Gasteiger charge is 2.29. The van der Waals surface area contributed by atoms with Gasteiger partial charge in [-0.3, -0.25) is 24.5 Å². The molecule has 8 nitrogen and oxygen atoms in total. The molecule has 0 aromatic carbocycles. The number of hydrogen-bond acceptors (Lipinski definition) is 6. The summed E-state index contributed by atoms with van der Waals surface area (Å²) in [5, 5.41) is 5.99. The third kappa shape index (κ3) is 4.66. The van der Waals surface area contributed by atoms with Gasteiger partial charge in [0.15, 0.2) is 0 Å². The van der Waals surface area contributed by atoms with Crippen LogP contribution >= 0.6 is 0 Å². The summed E-state index contributed by atoms with van der Waals surface area (Å²) < 4.78 is 0. The van der Waals surface area contributed by atoms with Crippen LogP contribution < -0.4 is 16.2 Å². The Labute approximate surface area is 152 Å². The first-order valence-electron chi connectivity index (χ1n) is 8.87. The average molecular weight is 356 g/mol. The zero-order valence-electron chi connectivity index (χ0n) is 14.9. The fraction of sp³-hybridized carbons (Fsp3) is 0.444. The van der Waals surface area contributed by atoms with Crippen LogP contribution in [0.5, 0.6) is 0 Å². The molecule has 1 aliphatic rings. The van der Waals surface area contributed by atoms with Crippen LogP contribution in [0.4, 0.5) is 5.95 Å². The lowest BCUT2D eigenvalue weighted by atomic mass is 10.1.